The second-order valence-electron chi connectivity index (χ2n) is 6.79. The summed E-state index contributed by atoms with van der Waals surface area (Å²) in [5.41, 5.74) is 3.39. The van der Waals surface area contributed by atoms with Crippen LogP contribution in [0.5, 0.6) is 5.75 Å². The topological polar surface area (TPSA) is 119 Å². The zero-order valence-corrected chi connectivity index (χ0v) is 19.0. The van der Waals surface area contributed by atoms with Gasteiger partial charge < -0.3 is 19.2 Å². The number of carbonyl (C=O) groups is 3. The minimum atomic E-state index is -0.531. The molecule has 0 unspecified atom stereocenters. The molecular weight excluding hydrogens is 462 g/mol. The van der Waals surface area contributed by atoms with Gasteiger partial charge >= 0.3 is 5.97 Å². The van der Waals surface area contributed by atoms with Crippen molar-refractivity contribution in [2.24, 2.45) is 5.10 Å². The zero-order chi connectivity index (χ0) is 24.3. The largest absolute Gasteiger partial charge is 0.482 e. The molecule has 0 radical (unpaired) electrons. The number of para-hydroxylation sites is 1. The number of hydrogen-bond donors (Lipinski definition) is 2. The highest BCUT2D eigenvalue weighted by atomic mass is 35.5. The Balaban J connectivity index is 1.45. The third kappa shape index (κ3) is 7.21. The fraction of sp³-hybridized carbons (Fsp3) is 0.167. The number of nitrogens with zero attached hydrogens (tertiary/aromatic N) is 1. The molecule has 34 heavy (non-hydrogen) atoms. The summed E-state index contributed by atoms with van der Waals surface area (Å²) >= 11 is 5.95. The summed E-state index contributed by atoms with van der Waals surface area (Å²) < 4.78 is 16.0. The zero-order valence-electron chi connectivity index (χ0n) is 18.2. The van der Waals surface area contributed by atoms with Crippen LogP contribution in [0, 0.1) is 0 Å². The molecule has 0 aliphatic carbocycles. The maximum Gasteiger partial charge on any atom is 0.338 e. The summed E-state index contributed by atoms with van der Waals surface area (Å²) in [5.74, 6) is -0.156. The van der Waals surface area contributed by atoms with Crippen molar-refractivity contribution < 1.29 is 28.3 Å². The van der Waals surface area contributed by atoms with Crippen LogP contribution in [0.2, 0.25) is 5.02 Å². The standard InChI is InChI=1S/C24H22ClN3O6/c1-2-32-24(31)17-7-5-6-16(12-17)20-11-10-18(34-20)13-27-28-22(29)14-26-23(30)15-33-21-9-4-3-8-19(21)25/h3-13H,2,14-15H2,1H3,(H,26,30)(H,28,29)/b27-13-. The molecule has 0 aliphatic heterocycles. The normalized spacial score (nSPS) is 10.6. The molecule has 0 bridgehead atoms. The van der Waals surface area contributed by atoms with Crippen LogP contribution >= 0.6 is 11.6 Å². The highest BCUT2D eigenvalue weighted by Crippen LogP contribution is 2.23. The summed E-state index contributed by atoms with van der Waals surface area (Å²) in [7, 11) is 0. The van der Waals surface area contributed by atoms with Gasteiger partial charge in [-0.1, -0.05) is 35.9 Å². The molecule has 0 atom stereocenters. The third-order valence-electron chi connectivity index (χ3n) is 4.31. The number of esters is 1. The molecule has 0 spiro atoms. The third-order valence-corrected chi connectivity index (χ3v) is 4.62. The maximum absolute atomic E-state index is 11.9. The second kappa shape index (κ2) is 12.2. The number of amides is 2. The van der Waals surface area contributed by atoms with E-state index in [0.29, 0.717) is 33.4 Å². The van der Waals surface area contributed by atoms with Crippen LogP contribution < -0.4 is 15.5 Å². The quantitative estimate of drug-likeness (QED) is 0.259. The van der Waals surface area contributed by atoms with Crippen molar-refractivity contribution in [3.8, 4) is 17.1 Å². The Labute approximate surface area is 200 Å². The smallest absolute Gasteiger partial charge is 0.338 e. The van der Waals surface area contributed by atoms with Crippen molar-refractivity contribution in [3.05, 3.63) is 77.0 Å². The lowest BCUT2D eigenvalue weighted by Crippen LogP contribution is -2.37. The monoisotopic (exact) mass is 483 g/mol. The van der Waals surface area contributed by atoms with E-state index >= 15 is 0 Å². The fourth-order valence-corrected chi connectivity index (χ4v) is 2.92. The molecule has 9 nitrogen and oxygen atoms in total. The lowest BCUT2D eigenvalue weighted by Gasteiger charge is -2.08. The SMILES string of the molecule is CCOC(=O)c1cccc(-c2ccc(/C=N\NC(=O)CNC(=O)COc3ccccc3Cl)o2)c1. The Morgan fingerprint density at radius 1 is 1.06 bits per heavy atom. The van der Waals surface area contributed by atoms with Gasteiger partial charge in [0.2, 0.25) is 0 Å². The van der Waals surface area contributed by atoms with E-state index in [0.717, 1.165) is 0 Å². The van der Waals surface area contributed by atoms with Crippen molar-refractivity contribution in [1.82, 2.24) is 10.7 Å². The van der Waals surface area contributed by atoms with Crippen LogP contribution in [0.4, 0.5) is 0 Å². The van der Waals surface area contributed by atoms with Crippen LogP contribution in [0.3, 0.4) is 0 Å². The van der Waals surface area contributed by atoms with Gasteiger partial charge in [-0.25, -0.2) is 10.2 Å². The first kappa shape index (κ1) is 24.5. The van der Waals surface area contributed by atoms with Crippen LogP contribution in [0.25, 0.3) is 11.3 Å². The molecule has 176 valence electrons. The number of hydrazone groups is 1. The molecule has 1 aromatic heterocycles. The van der Waals surface area contributed by atoms with Crippen LogP contribution in [-0.4, -0.2) is 43.8 Å². The molecule has 3 aromatic rings. The van der Waals surface area contributed by atoms with Crippen LogP contribution in [0.15, 0.2) is 70.2 Å². The number of benzene rings is 2. The Morgan fingerprint density at radius 2 is 1.88 bits per heavy atom. The van der Waals surface area contributed by atoms with E-state index < -0.39 is 17.8 Å². The molecule has 0 aliphatic rings. The molecule has 2 amide bonds. The van der Waals surface area contributed by atoms with Crippen molar-refractivity contribution in [2.75, 3.05) is 19.8 Å². The number of ether oxygens (including phenoxy) is 2. The molecule has 1 heterocycles. The first-order chi connectivity index (χ1) is 16.5. The van der Waals surface area contributed by atoms with E-state index in [1.165, 1.54) is 6.21 Å². The number of furan rings is 1. The minimum Gasteiger partial charge on any atom is -0.482 e. The first-order valence-corrected chi connectivity index (χ1v) is 10.7. The Morgan fingerprint density at radius 3 is 2.68 bits per heavy atom. The predicted molar refractivity (Wildman–Crippen MR) is 126 cm³/mol. The number of carbonyl (C=O) groups excluding carboxylic acids is 3. The van der Waals surface area contributed by atoms with E-state index in [2.05, 4.69) is 15.8 Å². The molecule has 3 rings (SSSR count). The van der Waals surface area contributed by atoms with Crippen molar-refractivity contribution in [2.45, 2.75) is 6.92 Å². The van der Waals surface area contributed by atoms with Crippen molar-refractivity contribution in [3.63, 3.8) is 0 Å². The summed E-state index contributed by atoms with van der Waals surface area (Å²) in [4.78, 5) is 35.6. The highest BCUT2D eigenvalue weighted by molar-refractivity contribution is 6.32. The van der Waals surface area contributed by atoms with Crippen molar-refractivity contribution in [1.29, 1.82) is 0 Å². The summed E-state index contributed by atoms with van der Waals surface area (Å²) in [6, 6.07) is 17.0. The highest BCUT2D eigenvalue weighted by Gasteiger charge is 2.10. The number of rotatable bonds is 10. The van der Waals surface area contributed by atoms with Gasteiger partial charge in [0.25, 0.3) is 11.8 Å². The molecule has 10 heteroatoms. The molecule has 0 fully saturated rings. The van der Waals surface area contributed by atoms with Gasteiger partial charge in [0.1, 0.15) is 17.3 Å². The lowest BCUT2D eigenvalue weighted by atomic mass is 10.1. The average molecular weight is 484 g/mol. The van der Waals surface area contributed by atoms with Crippen molar-refractivity contribution >= 4 is 35.6 Å². The predicted octanol–water partition coefficient (Wildman–Crippen LogP) is 3.42. The Hall–Kier alpha value is -4.11. The van der Waals surface area contributed by atoms with E-state index in [4.69, 9.17) is 25.5 Å². The minimum absolute atomic E-state index is 0.285. The molecule has 2 N–H and O–H groups in total. The molecular formula is C24H22ClN3O6. The number of halogens is 1. The van der Waals surface area contributed by atoms with Gasteiger partial charge in [-0.05, 0) is 43.3 Å². The van der Waals surface area contributed by atoms with Gasteiger partial charge in [0.15, 0.2) is 6.61 Å². The summed E-state index contributed by atoms with van der Waals surface area (Å²) in [6.45, 7) is 1.46. The van der Waals surface area contributed by atoms with E-state index in [1.54, 1.807) is 67.6 Å². The maximum atomic E-state index is 11.9. The van der Waals surface area contributed by atoms with E-state index in [1.807, 2.05) is 0 Å². The molecule has 0 saturated carbocycles. The van der Waals surface area contributed by atoms with E-state index in [-0.39, 0.29) is 19.8 Å². The Kier molecular flexibility index (Phi) is 8.81. The average Bonchev–Trinajstić information content (AvgIpc) is 3.31. The molecule has 2 aromatic carbocycles. The summed E-state index contributed by atoms with van der Waals surface area (Å²) in [6.07, 6.45) is 1.32. The van der Waals surface area contributed by atoms with Crippen LogP contribution in [-0.2, 0) is 14.3 Å². The van der Waals surface area contributed by atoms with Gasteiger partial charge in [0.05, 0.1) is 30.0 Å². The fourth-order valence-electron chi connectivity index (χ4n) is 2.73. The number of hydrogen-bond acceptors (Lipinski definition) is 7. The second-order valence-corrected chi connectivity index (χ2v) is 7.20. The summed E-state index contributed by atoms with van der Waals surface area (Å²) in [5, 5.41) is 6.61. The first-order valence-electron chi connectivity index (χ1n) is 10.3. The van der Waals surface area contributed by atoms with Gasteiger partial charge in [-0.3, -0.25) is 9.59 Å². The van der Waals surface area contributed by atoms with E-state index in [9.17, 15) is 14.4 Å². The lowest BCUT2D eigenvalue weighted by molar-refractivity contribution is -0.127. The molecule has 0 saturated heterocycles. The van der Waals surface area contributed by atoms with Gasteiger partial charge in [-0.15, -0.1) is 0 Å². The van der Waals surface area contributed by atoms with Gasteiger partial charge in [-0.2, -0.15) is 5.10 Å². The number of nitrogens with one attached hydrogen (secondary N) is 2. The van der Waals surface area contributed by atoms with Crippen LogP contribution in [0.1, 0.15) is 23.0 Å². The Bertz CT molecular complexity index is 1190. The van der Waals surface area contributed by atoms with Gasteiger partial charge in [0, 0.05) is 5.56 Å².